The number of fused-ring (bicyclic) bond motifs is 1. The number of amides is 1. The van der Waals surface area contributed by atoms with Crippen LogP contribution in [0.3, 0.4) is 0 Å². The Morgan fingerprint density at radius 3 is 2.72 bits per heavy atom. The normalized spacial score (nSPS) is 14.0. The van der Waals surface area contributed by atoms with Crippen LogP contribution in [0, 0.1) is 0 Å². The van der Waals surface area contributed by atoms with Crippen LogP contribution < -0.4 is 0 Å². The van der Waals surface area contributed by atoms with Crippen molar-refractivity contribution >= 4 is 16.9 Å². The third-order valence-electron chi connectivity index (χ3n) is 5.26. The summed E-state index contributed by atoms with van der Waals surface area (Å²) in [7, 11) is 0. The number of pyridine rings is 1. The van der Waals surface area contributed by atoms with E-state index in [2.05, 4.69) is 20.1 Å². The first-order valence-electron chi connectivity index (χ1n) is 9.75. The average molecular weight is 388 g/mol. The molecule has 0 aliphatic carbocycles. The summed E-state index contributed by atoms with van der Waals surface area (Å²) in [5, 5.41) is 4.09. The van der Waals surface area contributed by atoms with E-state index >= 15 is 0 Å². The van der Waals surface area contributed by atoms with Gasteiger partial charge in [0.05, 0.1) is 17.4 Å². The maximum atomic E-state index is 12.3. The second kappa shape index (κ2) is 7.46. The van der Waals surface area contributed by atoms with Crippen LogP contribution in [0.15, 0.2) is 53.6 Å². The molecule has 0 radical (unpaired) electrons. The fraction of sp³-hybridized carbons (Fsp3) is 0.286. The first kappa shape index (κ1) is 17.5. The molecular weight excluding hydrogens is 368 g/mol. The minimum atomic E-state index is 0.219. The second-order valence-electron chi connectivity index (χ2n) is 7.14. The Balaban J connectivity index is 1.34. The lowest BCUT2D eigenvalue weighted by Gasteiger charge is -2.15. The molecule has 146 valence electrons. The van der Waals surface area contributed by atoms with E-state index in [0.29, 0.717) is 24.7 Å². The predicted molar refractivity (Wildman–Crippen MR) is 107 cm³/mol. The molecule has 8 nitrogen and oxygen atoms in total. The van der Waals surface area contributed by atoms with Crippen LogP contribution in [0.2, 0.25) is 0 Å². The standard InChI is InChI=1S/C21H20N6O2/c28-19(26-10-1-2-11-26)7-12-27-14-23-17-13-16(3-4-18(17)27)20-24-21(29-25-20)15-5-8-22-9-6-15/h3-6,8-9,13-14H,1-2,7,10-12H2. The Morgan fingerprint density at radius 1 is 1.07 bits per heavy atom. The molecule has 1 aliphatic rings. The average Bonchev–Trinajstić information content (AvgIpc) is 3.53. The highest BCUT2D eigenvalue weighted by molar-refractivity contribution is 5.81. The van der Waals surface area contributed by atoms with Gasteiger partial charge in [-0.2, -0.15) is 4.98 Å². The molecule has 0 saturated carbocycles. The van der Waals surface area contributed by atoms with Crippen molar-refractivity contribution in [1.82, 2.24) is 29.6 Å². The minimum absolute atomic E-state index is 0.219. The van der Waals surface area contributed by atoms with Crippen LogP contribution in [0.4, 0.5) is 0 Å². The van der Waals surface area contributed by atoms with E-state index in [0.717, 1.165) is 48.1 Å². The van der Waals surface area contributed by atoms with Crippen LogP contribution in [-0.4, -0.2) is 48.6 Å². The van der Waals surface area contributed by atoms with Gasteiger partial charge < -0.3 is 14.0 Å². The molecule has 0 N–H and O–H groups in total. The molecule has 0 atom stereocenters. The number of carbonyl (C=O) groups excluding carboxylic acids is 1. The zero-order valence-corrected chi connectivity index (χ0v) is 15.9. The Morgan fingerprint density at radius 2 is 1.90 bits per heavy atom. The van der Waals surface area contributed by atoms with Gasteiger partial charge in [-0.25, -0.2) is 4.98 Å². The molecule has 1 aromatic carbocycles. The molecule has 0 unspecified atom stereocenters. The topological polar surface area (TPSA) is 89.9 Å². The molecule has 1 saturated heterocycles. The van der Waals surface area contributed by atoms with Crippen LogP contribution in [0.25, 0.3) is 33.9 Å². The van der Waals surface area contributed by atoms with Crippen molar-refractivity contribution < 1.29 is 9.32 Å². The number of carbonyl (C=O) groups is 1. The van der Waals surface area contributed by atoms with Crippen LogP contribution in [0.5, 0.6) is 0 Å². The third-order valence-corrected chi connectivity index (χ3v) is 5.26. The molecule has 5 rings (SSSR count). The lowest BCUT2D eigenvalue weighted by molar-refractivity contribution is -0.130. The Labute approximate surface area is 167 Å². The molecule has 4 heterocycles. The van der Waals surface area contributed by atoms with Crippen molar-refractivity contribution in [3.8, 4) is 22.8 Å². The van der Waals surface area contributed by atoms with Gasteiger partial charge >= 0.3 is 0 Å². The van der Waals surface area contributed by atoms with E-state index in [9.17, 15) is 4.79 Å². The highest BCUT2D eigenvalue weighted by Gasteiger charge is 2.18. The van der Waals surface area contributed by atoms with E-state index in [1.54, 1.807) is 18.7 Å². The Hall–Kier alpha value is -3.55. The fourth-order valence-corrected chi connectivity index (χ4v) is 3.67. The van der Waals surface area contributed by atoms with E-state index in [1.807, 2.05) is 39.8 Å². The quantitative estimate of drug-likeness (QED) is 0.522. The number of rotatable bonds is 5. The van der Waals surface area contributed by atoms with Gasteiger partial charge in [0.25, 0.3) is 5.89 Å². The molecule has 1 aliphatic heterocycles. The summed E-state index contributed by atoms with van der Waals surface area (Å²) in [6.45, 7) is 2.40. The largest absolute Gasteiger partial charge is 0.343 e. The van der Waals surface area contributed by atoms with Crippen LogP contribution in [-0.2, 0) is 11.3 Å². The summed E-state index contributed by atoms with van der Waals surface area (Å²) >= 11 is 0. The molecule has 1 fully saturated rings. The number of aromatic nitrogens is 5. The fourth-order valence-electron chi connectivity index (χ4n) is 3.67. The maximum Gasteiger partial charge on any atom is 0.258 e. The Bertz CT molecular complexity index is 1140. The first-order valence-corrected chi connectivity index (χ1v) is 9.75. The molecule has 0 bridgehead atoms. The van der Waals surface area contributed by atoms with Crippen LogP contribution in [0.1, 0.15) is 19.3 Å². The van der Waals surface area contributed by atoms with Gasteiger partial charge in [0.15, 0.2) is 0 Å². The monoisotopic (exact) mass is 388 g/mol. The van der Waals surface area contributed by atoms with Crippen molar-refractivity contribution in [3.63, 3.8) is 0 Å². The van der Waals surface area contributed by atoms with Crippen molar-refractivity contribution in [2.75, 3.05) is 13.1 Å². The molecule has 8 heteroatoms. The lowest BCUT2D eigenvalue weighted by atomic mass is 10.2. The van der Waals surface area contributed by atoms with E-state index in [-0.39, 0.29) is 5.91 Å². The van der Waals surface area contributed by atoms with Gasteiger partial charge in [-0.1, -0.05) is 5.16 Å². The number of benzene rings is 1. The summed E-state index contributed by atoms with van der Waals surface area (Å²) < 4.78 is 7.40. The second-order valence-corrected chi connectivity index (χ2v) is 7.14. The third kappa shape index (κ3) is 3.49. The zero-order valence-electron chi connectivity index (χ0n) is 15.9. The maximum absolute atomic E-state index is 12.3. The zero-order chi connectivity index (χ0) is 19.6. The summed E-state index contributed by atoms with van der Waals surface area (Å²) in [6.07, 6.45) is 7.87. The van der Waals surface area contributed by atoms with Crippen molar-refractivity contribution in [3.05, 3.63) is 49.1 Å². The molecule has 4 aromatic rings. The van der Waals surface area contributed by atoms with Gasteiger partial charge in [0.2, 0.25) is 11.7 Å². The predicted octanol–water partition coefficient (Wildman–Crippen LogP) is 3.16. The molecular formula is C21H20N6O2. The van der Waals surface area contributed by atoms with Crippen molar-refractivity contribution in [2.45, 2.75) is 25.8 Å². The highest BCUT2D eigenvalue weighted by atomic mass is 16.5. The summed E-state index contributed by atoms with van der Waals surface area (Å²) in [6, 6.07) is 9.52. The number of nitrogens with zero attached hydrogens (tertiary/aromatic N) is 6. The highest BCUT2D eigenvalue weighted by Crippen LogP contribution is 2.25. The van der Waals surface area contributed by atoms with Gasteiger partial charge in [0, 0.05) is 49.6 Å². The Kier molecular flexibility index (Phi) is 4.51. The summed E-state index contributed by atoms with van der Waals surface area (Å²) in [5.41, 5.74) is 3.49. The van der Waals surface area contributed by atoms with E-state index < -0.39 is 0 Å². The van der Waals surface area contributed by atoms with Crippen molar-refractivity contribution in [1.29, 1.82) is 0 Å². The molecule has 3 aromatic heterocycles. The summed E-state index contributed by atoms with van der Waals surface area (Å²) in [4.78, 5) is 27.2. The number of imidazole rings is 1. The van der Waals surface area contributed by atoms with Gasteiger partial charge in [0.1, 0.15) is 0 Å². The van der Waals surface area contributed by atoms with Crippen LogP contribution >= 0.6 is 0 Å². The smallest absolute Gasteiger partial charge is 0.258 e. The van der Waals surface area contributed by atoms with Crippen molar-refractivity contribution in [2.24, 2.45) is 0 Å². The SMILES string of the molecule is O=C(CCn1cnc2cc(-c3noc(-c4ccncc4)n3)ccc21)N1CCCC1. The molecule has 29 heavy (non-hydrogen) atoms. The lowest BCUT2D eigenvalue weighted by Crippen LogP contribution is -2.28. The molecule has 1 amide bonds. The number of hydrogen-bond donors (Lipinski definition) is 0. The minimum Gasteiger partial charge on any atom is -0.343 e. The first-order chi connectivity index (χ1) is 14.3. The van der Waals surface area contributed by atoms with Gasteiger partial charge in [-0.3, -0.25) is 9.78 Å². The number of likely N-dealkylation sites (tertiary alicyclic amines) is 1. The molecule has 0 spiro atoms. The van der Waals surface area contributed by atoms with Gasteiger partial charge in [-0.15, -0.1) is 0 Å². The summed E-state index contributed by atoms with van der Waals surface area (Å²) in [5.74, 6) is 1.18. The number of aryl methyl sites for hydroxylation is 1. The van der Waals surface area contributed by atoms with E-state index in [4.69, 9.17) is 4.52 Å². The number of hydrogen-bond acceptors (Lipinski definition) is 6. The van der Waals surface area contributed by atoms with E-state index in [1.165, 1.54) is 0 Å². The van der Waals surface area contributed by atoms with Gasteiger partial charge in [-0.05, 0) is 43.2 Å².